The van der Waals surface area contributed by atoms with Crippen LogP contribution >= 0.6 is 0 Å². The van der Waals surface area contributed by atoms with Crippen LogP contribution in [-0.2, 0) is 19.1 Å². The minimum Gasteiger partial charge on any atom is -0.467 e. The molecule has 1 N–H and O–H groups in total. The Morgan fingerprint density at radius 2 is 1.75 bits per heavy atom. The monoisotopic (exact) mass is 459 g/mol. The number of alkyl halides is 2. The van der Waals surface area contributed by atoms with Gasteiger partial charge in [0, 0.05) is 25.6 Å². The van der Waals surface area contributed by atoms with Gasteiger partial charge in [0.25, 0.3) is 5.92 Å². The summed E-state index contributed by atoms with van der Waals surface area (Å²) in [5.41, 5.74) is -0.736. The number of hydrogen-bond donors (Lipinski definition) is 1. The molecule has 0 radical (unpaired) electrons. The second-order valence-electron chi connectivity index (χ2n) is 10.2. The fourth-order valence-corrected chi connectivity index (χ4v) is 5.08. The first kappa shape index (κ1) is 24.7. The number of carbonyl (C=O) groups excluding carboxylic acids is 3. The van der Waals surface area contributed by atoms with Crippen LogP contribution in [0.5, 0.6) is 0 Å². The normalized spacial score (nSPS) is 27.4. The predicted molar refractivity (Wildman–Crippen MR) is 112 cm³/mol. The van der Waals surface area contributed by atoms with E-state index in [4.69, 9.17) is 9.47 Å². The number of halogens is 2. The molecular formula is C22H35F2N3O5. The SMILES string of the molecule is COC(=O)[C@@H]1CN2CC(F)(F)C[C@@H]2CN1C(=O)[C@@H](NC(=O)OC(C)(C)C)C1CCCCC1. The van der Waals surface area contributed by atoms with E-state index in [2.05, 4.69) is 5.32 Å². The Labute approximate surface area is 187 Å². The van der Waals surface area contributed by atoms with Crippen molar-refractivity contribution in [3.8, 4) is 0 Å². The van der Waals surface area contributed by atoms with E-state index in [9.17, 15) is 23.2 Å². The fraction of sp³-hybridized carbons (Fsp3) is 0.864. The van der Waals surface area contributed by atoms with Crippen LogP contribution in [0.15, 0.2) is 0 Å². The van der Waals surface area contributed by atoms with Gasteiger partial charge >= 0.3 is 12.1 Å². The van der Waals surface area contributed by atoms with Crippen molar-refractivity contribution in [1.29, 1.82) is 0 Å². The van der Waals surface area contributed by atoms with Crippen molar-refractivity contribution in [3.05, 3.63) is 0 Å². The van der Waals surface area contributed by atoms with Crippen molar-refractivity contribution in [2.75, 3.05) is 26.7 Å². The summed E-state index contributed by atoms with van der Waals surface area (Å²) in [5.74, 6) is -4.05. The first-order valence-electron chi connectivity index (χ1n) is 11.4. The summed E-state index contributed by atoms with van der Waals surface area (Å²) in [6.45, 7) is 4.75. The summed E-state index contributed by atoms with van der Waals surface area (Å²) in [4.78, 5) is 41.7. The Bertz CT molecular complexity index is 721. The van der Waals surface area contributed by atoms with Crippen LogP contribution in [0.3, 0.4) is 0 Å². The van der Waals surface area contributed by atoms with Crippen molar-refractivity contribution in [2.45, 2.75) is 88.9 Å². The van der Waals surface area contributed by atoms with Gasteiger partial charge in [0.05, 0.1) is 13.7 Å². The zero-order chi connectivity index (χ0) is 23.7. The highest BCUT2D eigenvalue weighted by atomic mass is 19.3. The van der Waals surface area contributed by atoms with Crippen LogP contribution in [-0.4, -0.2) is 84.2 Å². The molecule has 3 aliphatic rings. The summed E-state index contributed by atoms with van der Waals surface area (Å²) < 4.78 is 38.3. The molecule has 2 saturated heterocycles. The summed E-state index contributed by atoms with van der Waals surface area (Å²) in [5, 5.41) is 2.73. The van der Waals surface area contributed by atoms with E-state index in [0.29, 0.717) is 0 Å². The number of ether oxygens (including phenoxy) is 2. The van der Waals surface area contributed by atoms with Gasteiger partial charge in [-0.05, 0) is 39.5 Å². The van der Waals surface area contributed by atoms with Gasteiger partial charge in [0.1, 0.15) is 17.7 Å². The highest BCUT2D eigenvalue weighted by Gasteiger charge is 2.52. The number of esters is 1. The molecular weight excluding hydrogens is 424 g/mol. The molecule has 0 spiro atoms. The van der Waals surface area contributed by atoms with Gasteiger partial charge in [-0.2, -0.15) is 0 Å². The predicted octanol–water partition coefficient (Wildman–Crippen LogP) is 2.55. The molecule has 8 nitrogen and oxygen atoms in total. The van der Waals surface area contributed by atoms with Crippen molar-refractivity contribution >= 4 is 18.0 Å². The van der Waals surface area contributed by atoms with Crippen LogP contribution < -0.4 is 5.32 Å². The smallest absolute Gasteiger partial charge is 0.408 e. The fourth-order valence-electron chi connectivity index (χ4n) is 5.08. The lowest BCUT2D eigenvalue weighted by atomic mass is 9.83. The maximum absolute atomic E-state index is 14.0. The Balaban J connectivity index is 1.84. The van der Waals surface area contributed by atoms with Crippen LogP contribution in [0.4, 0.5) is 13.6 Å². The number of rotatable bonds is 4. The third kappa shape index (κ3) is 5.88. The molecule has 32 heavy (non-hydrogen) atoms. The quantitative estimate of drug-likeness (QED) is 0.650. The number of piperazine rings is 1. The molecule has 1 saturated carbocycles. The van der Waals surface area contributed by atoms with Crippen LogP contribution in [0, 0.1) is 5.92 Å². The number of methoxy groups -OCH3 is 1. The third-order valence-electron chi connectivity index (χ3n) is 6.49. The topological polar surface area (TPSA) is 88.2 Å². The standard InChI is InChI=1S/C22H35F2N3O5/c1-21(2,3)32-20(30)25-17(14-8-6-5-7-9-14)18(28)27-11-15-10-22(23,24)13-26(15)12-16(27)19(29)31-4/h14-17H,5-13H2,1-4H3,(H,25,30)/t15-,16+,17+/m1/s1. The highest BCUT2D eigenvalue weighted by molar-refractivity contribution is 5.90. The summed E-state index contributed by atoms with van der Waals surface area (Å²) in [7, 11) is 1.22. The van der Waals surface area contributed by atoms with E-state index in [0.717, 1.165) is 32.1 Å². The Kier molecular flexibility index (Phi) is 7.31. The van der Waals surface area contributed by atoms with E-state index >= 15 is 0 Å². The number of fused-ring (bicyclic) bond motifs is 1. The van der Waals surface area contributed by atoms with Crippen LogP contribution in [0.25, 0.3) is 0 Å². The molecule has 2 amide bonds. The van der Waals surface area contributed by atoms with Gasteiger partial charge in [0.15, 0.2) is 0 Å². The average molecular weight is 460 g/mol. The number of nitrogens with one attached hydrogen (secondary N) is 1. The molecule has 0 unspecified atom stereocenters. The number of carbonyl (C=O) groups is 3. The lowest BCUT2D eigenvalue weighted by Gasteiger charge is -2.44. The average Bonchev–Trinajstić information content (AvgIpc) is 3.02. The van der Waals surface area contributed by atoms with E-state index in [1.165, 1.54) is 12.0 Å². The van der Waals surface area contributed by atoms with Gasteiger partial charge in [-0.25, -0.2) is 18.4 Å². The van der Waals surface area contributed by atoms with Gasteiger partial charge in [-0.1, -0.05) is 19.3 Å². The Hall–Kier alpha value is -1.97. The van der Waals surface area contributed by atoms with Crippen molar-refractivity contribution in [3.63, 3.8) is 0 Å². The lowest BCUT2D eigenvalue weighted by Crippen LogP contribution is -2.65. The molecule has 0 aromatic rings. The molecule has 0 aromatic heterocycles. The molecule has 2 aliphatic heterocycles. The highest BCUT2D eigenvalue weighted by Crippen LogP contribution is 2.36. The summed E-state index contributed by atoms with van der Waals surface area (Å²) in [6, 6.07) is -2.42. The summed E-state index contributed by atoms with van der Waals surface area (Å²) >= 11 is 0. The molecule has 2 heterocycles. The molecule has 3 atom stereocenters. The van der Waals surface area contributed by atoms with Crippen molar-refractivity contribution in [1.82, 2.24) is 15.1 Å². The maximum Gasteiger partial charge on any atom is 0.408 e. The summed E-state index contributed by atoms with van der Waals surface area (Å²) in [6.07, 6.45) is 3.39. The second-order valence-corrected chi connectivity index (χ2v) is 10.2. The van der Waals surface area contributed by atoms with E-state index < -0.39 is 54.2 Å². The number of nitrogens with zero attached hydrogens (tertiary/aromatic N) is 2. The zero-order valence-corrected chi connectivity index (χ0v) is 19.4. The van der Waals surface area contributed by atoms with Gasteiger partial charge in [0.2, 0.25) is 5.91 Å². The molecule has 1 aliphatic carbocycles. The first-order chi connectivity index (χ1) is 14.9. The Morgan fingerprint density at radius 3 is 2.34 bits per heavy atom. The minimum absolute atomic E-state index is 0.00654. The molecule has 3 fully saturated rings. The maximum atomic E-state index is 14.0. The van der Waals surface area contributed by atoms with Gasteiger partial charge < -0.3 is 19.7 Å². The third-order valence-corrected chi connectivity index (χ3v) is 6.49. The van der Waals surface area contributed by atoms with E-state index in [1.54, 1.807) is 25.7 Å². The van der Waals surface area contributed by atoms with Gasteiger partial charge in [-0.15, -0.1) is 0 Å². The van der Waals surface area contributed by atoms with Crippen LogP contribution in [0.1, 0.15) is 59.3 Å². The molecule has 182 valence electrons. The molecule has 0 bridgehead atoms. The second kappa shape index (κ2) is 9.49. The van der Waals surface area contributed by atoms with Crippen molar-refractivity contribution in [2.24, 2.45) is 5.92 Å². The Morgan fingerprint density at radius 1 is 1.09 bits per heavy atom. The molecule has 10 heteroatoms. The minimum atomic E-state index is -2.86. The van der Waals surface area contributed by atoms with E-state index in [1.807, 2.05) is 0 Å². The number of alkyl carbamates (subject to hydrolysis) is 1. The van der Waals surface area contributed by atoms with E-state index in [-0.39, 0.29) is 25.4 Å². The lowest BCUT2D eigenvalue weighted by molar-refractivity contribution is -0.159. The molecule has 0 aromatic carbocycles. The zero-order valence-electron chi connectivity index (χ0n) is 19.4. The van der Waals surface area contributed by atoms with Crippen molar-refractivity contribution < 1.29 is 32.6 Å². The number of hydrogen-bond acceptors (Lipinski definition) is 6. The van der Waals surface area contributed by atoms with Crippen LogP contribution in [0.2, 0.25) is 0 Å². The number of amides is 2. The largest absolute Gasteiger partial charge is 0.467 e. The molecule has 3 rings (SSSR count). The first-order valence-corrected chi connectivity index (χ1v) is 11.4. The van der Waals surface area contributed by atoms with Gasteiger partial charge in [-0.3, -0.25) is 9.69 Å².